The average Bonchev–Trinajstić information content (AvgIpc) is 3.21. The number of para-hydroxylation sites is 1. The van der Waals surface area contributed by atoms with E-state index in [1.165, 1.54) is 16.6 Å². The van der Waals surface area contributed by atoms with E-state index in [-0.39, 0.29) is 12.4 Å². The van der Waals surface area contributed by atoms with E-state index in [1.807, 2.05) is 6.07 Å². The Morgan fingerprint density at radius 3 is 2.89 bits per heavy atom. The fraction of sp³-hybridized carbons (Fsp3) is 0.0588. The molecule has 136 valence electrons. The topological polar surface area (TPSA) is 81.4 Å². The first-order valence-corrected chi connectivity index (χ1v) is 8.95. The Morgan fingerprint density at radius 1 is 1.22 bits per heavy atom. The van der Waals surface area contributed by atoms with Crippen molar-refractivity contribution in [2.75, 3.05) is 11.9 Å². The molecule has 10 heteroatoms. The monoisotopic (exact) mass is 403 g/mol. The molecule has 0 fully saturated rings. The maximum absolute atomic E-state index is 13.5. The predicted molar refractivity (Wildman–Crippen MR) is 99.6 cm³/mol. The number of hydrogen-bond acceptors (Lipinski definition) is 6. The molecule has 27 heavy (non-hydrogen) atoms. The van der Waals surface area contributed by atoms with Gasteiger partial charge in [-0.25, -0.2) is 4.39 Å². The van der Waals surface area contributed by atoms with Crippen LogP contribution in [-0.2, 0) is 4.79 Å². The van der Waals surface area contributed by atoms with Crippen molar-refractivity contribution in [2.45, 2.75) is 0 Å². The van der Waals surface area contributed by atoms with Crippen molar-refractivity contribution in [3.63, 3.8) is 0 Å². The normalized spacial score (nSPS) is 10.9. The van der Waals surface area contributed by atoms with Crippen molar-refractivity contribution < 1.29 is 13.9 Å². The lowest BCUT2D eigenvalue weighted by atomic mass is 10.2. The van der Waals surface area contributed by atoms with Crippen LogP contribution in [0.25, 0.3) is 16.3 Å². The van der Waals surface area contributed by atoms with Gasteiger partial charge in [0, 0.05) is 10.6 Å². The van der Waals surface area contributed by atoms with Gasteiger partial charge in [0.1, 0.15) is 0 Å². The van der Waals surface area contributed by atoms with Crippen LogP contribution < -0.4 is 10.1 Å². The number of carbonyl (C=O) groups excluding carboxylic acids is 1. The Balaban J connectivity index is 1.48. The first-order valence-electron chi connectivity index (χ1n) is 7.75. The summed E-state index contributed by atoms with van der Waals surface area (Å²) >= 11 is 7.16. The van der Waals surface area contributed by atoms with Crippen molar-refractivity contribution in [2.24, 2.45) is 0 Å². The van der Waals surface area contributed by atoms with Gasteiger partial charge < -0.3 is 4.74 Å². The molecular formula is C17H11ClFN5O2S. The minimum absolute atomic E-state index is 0.00836. The maximum atomic E-state index is 13.5. The Kier molecular flexibility index (Phi) is 4.69. The molecule has 0 aliphatic carbocycles. The third-order valence-corrected chi connectivity index (χ3v) is 4.56. The average molecular weight is 404 g/mol. The third-order valence-electron chi connectivity index (χ3n) is 3.52. The van der Waals surface area contributed by atoms with E-state index in [9.17, 15) is 9.18 Å². The van der Waals surface area contributed by atoms with Crippen molar-refractivity contribution >= 4 is 38.9 Å². The number of nitrogens with zero attached hydrogens (tertiary/aromatic N) is 4. The number of fused-ring (bicyclic) bond motifs is 1. The van der Waals surface area contributed by atoms with E-state index in [0.717, 1.165) is 16.9 Å². The van der Waals surface area contributed by atoms with E-state index in [0.29, 0.717) is 20.9 Å². The molecule has 0 unspecified atom stereocenters. The van der Waals surface area contributed by atoms with Gasteiger partial charge in [-0.2, -0.15) is 4.52 Å². The number of hydrogen-bond donors (Lipinski definition) is 1. The van der Waals surface area contributed by atoms with Gasteiger partial charge in [-0.15, -0.1) is 15.3 Å². The smallest absolute Gasteiger partial charge is 0.264 e. The zero-order valence-electron chi connectivity index (χ0n) is 13.6. The first kappa shape index (κ1) is 17.4. The summed E-state index contributed by atoms with van der Waals surface area (Å²) in [5.74, 6) is -0.483. The van der Waals surface area contributed by atoms with Gasteiger partial charge in [-0.05, 0) is 24.3 Å². The lowest BCUT2D eigenvalue weighted by Crippen LogP contribution is -2.20. The number of carbonyl (C=O) groups is 1. The molecule has 0 aliphatic heterocycles. The Hall–Kier alpha value is -3.04. The molecule has 2 heterocycles. The van der Waals surface area contributed by atoms with Gasteiger partial charge >= 0.3 is 0 Å². The van der Waals surface area contributed by atoms with Crippen LogP contribution in [-0.4, -0.2) is 32.3 Å². The molecule has 1 N–H and O–H groups in total. The first-order chi connectivity index (χ1) is 13.1. The number of amides is 1. The second-order valence-electron chi connectivity index (χ2n) is 5.40. The SMILES string of the molecule is O=C(COc1ccccc1F)Nc1nn2c(-c3cccc(Cl)c3)nnc2s1. The van der Waals surface area contributed by atoms with Gasteiger partial charge in [-0.1, -0.05) is 47.2 Å². The van der Waals surface area contributed by atoms with Crippen LogP contribution in [0.4, 0.5) is 9.52 Å². The number of ether oxygens (including phenoxy) is 1. The summed E-state index contributed by atoms with van der Waals surface area (Å²) in [7, 11) is 0. The quantitative estimate of drug-likeness (QED) is 0.550. The molecule has 0 radical (unpaired) electrons. The summed E-state index contributed by atoms with van der Waals surface area (Å²) in [6.07, 6.45) is 0. The molecular weight excluding hydrogens is 393 g/mol. The molecule has 0 spiro atoms. The van der Waals surface area contributed by atoms with Gasteiger partial charge in [0.25, 0.3) is 5.91 Å². The minimum Gasteiger partial charge on any atom is -0.481 e. The highest BCUT2D eigenvalue weighted by Crippen LogP contribution is 2.25. The van der Waals surface area contributed by atoms with Crippen molar-refractivity contribution in [3.8, 4) is 17.1 Å². The van der Waals surface area contributed by atoms with Crippen LogP contribution in [0, 0.1) is 5.82 Å². The van der Waals surface area contributed by atoms with Crippen LogP contribution in [0.5, 0.6) is 5.75 Å². The van der Waals surface area contributed by atoms with Crippen molar-refractivity contribution in [1.82, 2.24) is 19.8 Å². The molecule has 0 aliphatic rings. The molecule has 0 atom stereocenters. The fourth-order valence-electron chi connectivity index (χ4n) is 2.34. The van der Waals surface area contributed by atoms with Crippen LogP contribution in [0.2, 0.25) is 5.02 Å². The van der Waals surface area contributed by atoms with Gasteiger partial charge in [0.15, 0.2) is 24.0 Å². The van der Waals surface area contributed by atoms with Crippen LogP contribution in [0.15, 0.2) is 48.5 Å². The minimum atomic E-state index is -0.532. The molecule has 0 bridgehead atoms. The summed E-state index contributed by atoms with van der Waals surface area (Å²) in [4.78, 5) is 12.6. The zero-order chi connectivity index (χ0) is 18.8. The number of anilines is 1. The summed E-state index contributed by atoms with van der Waals surface area (Å²) in [5.41, 5.74) is 0.751. The molecule has 0 saturated carbocycles. The summed E-state index contributed by atoms with van der Waals surface area (Å²) in [5, 5.41) is 15.9. The van der Waals surface area contributed by atoms with E-state index < -0.39 is 11.7 Å². The number of rotatable bonds is 5. The highest BCUT2D eigenvalue weighted by atomic mass is 35.5. The van der Waals surface area contributed by atoms with Crippen LogP contribution >= 0.6 is 22.9 Å². The number of halogens is 2. The highest BCUT2D eigenvalue weighted by molar-refractivity contribution is 7.20. The second kappa shape index (κ2) is 7.29. The van der Waals surface area contributed by atoms with E-state index in [2.05, 4.69) is 20.6 Å². The number of nitrogens with one attached hydrogen (secondary N) is 1. The molecule has 1 amide bonds. The zero-order valence-corrected chi connectivity index (χ0v) is 15.2. The molecule has 4 aromatic rings. The summed E-state index contributed by atoms with van der Waals surface area (Å²) in [6.45, 7) is -0.345. The van der Waals surface area contributed by atoms with E-state index in [1.54, 1.807) is 30.3 Å². The van der Waals surface area contributed by atoms with Crippen LogP contribution in [0.1, 0.15) is 0 Å². The summed E-state index contributed by atoms with van der Waals surface area (Å²) < 4.78 is 20.2. The lowest BCUT2D eigenvalue weighted by molar-refractivity contribution is -0.118. The lowest BCUT2D eigenvalue weighted by Gasteiger charge is -2.06. The number of aromatic nitrogens is 4. The molecule has 2 aromatic heterocycles. The summed E-state index contributed by atoms with van der Waals surface area (Å²) in [6, 6.07) is 13.0. The Labute approximate surface area is 161 Å². The molecule has 2 aromatic carbocycles. The van der Waals surface area contributed by atoms with Gasteiger partial charge in [-0.3, -0.25) is 10.1 Å². The Bertz CT molecular complexity index is 1130. The van der Waals surface area contributed by atoms with Gasteiger partial charge in [0.2, 0.25) is 10.1 Å². The maximum Gasteiger partial charge on any atom is 0.264 e. The largest absolute Gasteiger partial charge is 0.481 e. The van der Waals surface area contributed by atoms with Gasteiger partial charge in [0.05, 0.1) is 0 Å². The predicted octanol–water partition coefficient (Wildman–Crippen LogP) is 3.66. The van der Waals surface area contributed by atoms with E-state index in [4.69, 9.17) is 16.3 Å². The standard InChI is InChI=1S/C17H11ClFN5O2S/c18-11-5-3-4-10(8-11)15-21-22-17-24(15)23-16(27-17)20-14(25)9-26-13-7-2-1-6-12(13)19/h1-8H,9H2,(H,20,23,25). The van der Waals surface area contributed by atoms with Crippen LogP contribution in [0.3, 0.4) is 0 Å². The highest BCUT2D eigenvalue weighted by Gasteiger charge is 2.15. The molecule has 0 saturated heterocycles. The fourth-order valence-corrected chi connectivity index (χ4v) is 3.28. The van der Waals surface area contributed by atoms with Crippen molar-refractivity contribution in [3.05, 3.63) is 59.4 Å². The van der Waals surface area contributed by atoms with Crippen molar-refractivity contribution in [1.29, 1.82) is 0 Å². The number of benzene rings is 2. The Morgan fingerprint density at radius 2 is 2.07 bits per heavy atom. The second-order valence-corrected chi connectivity index (χ2v) is 6.80. The third kappa shape index (κ3) is 3.74. The molecule has 4 rings (SSSR count). The molecule has 7 nitrogen and oxygen atoms in total. The van der Waals surface area contributed by atoms with E-state index >= 15 is 0 Å².